The van der Waals surface area contributed by atoms with Crippen LogP contribution in [0.25, 0.3) is 0 Å². The van der Waals surface area contributed by atoms with Crippen molar-refractivity contribution < 1.29 is 14.3 Å². The standard InChI is InChI=1S/C24H32N2O3/c1-4-5-15-25-24(28)20(3)26(16-14-21-11-7-6-8-12-21)23(27)18-29-22-13-9-10-19(2)17-22/h6-13,17,20H,4-5,14-16,18H2,1-3H3,(H,25,28). The Balaban J connectivity index is 2.03. The van der Waals surface area contributed by atoms with Crippen molar-refractivity contribution >= 4 is 11.8 Å². The molecule has 0 heterocycles. The van der Waals surface area contributed by atoms with E-state index in [1.807, 2.05) is 61.5 Å². The van der Waals surface area contributed by atoms with Gasteiger partial charge in [-0.05, 0) is 49.9 Å². The van der Waals surface area contributed by atoms with Crippen LogP contribution in [-0.4, -0.2) is 42.5 Å². The number of hydrogen-bond donors (Lipinski definition) is 1. The fraction of sp³-hybridized carbons (Fsp3) is 0.417. The molecule has 1 atom stereocenters. The minimum absolute atomic E-state index is 0.0924. The molecule has 0 radical (unpaired) electrons. The number of aryl methyl sites for hydroxylation is 1. The van der Waals surface area contributed by atoms with Crippen LogP contribution in [0.15, 0.2) is 54.6 Å². The number of nitrogens with one attached hydrogen (secondary N) is 1. The van der Waals surface area contributed by atoms with Gasteiger partial charge in [-0.3, -0.25) is 9.59 Å². The molecule has 2 amide bonds. The van der Waals surface area contributed by atoms with Crippen LogP contribution in [-0.2, 0) is 16.0 Å². The summed E-state index contributed by atoms with van der Waals surface area (Å²) in [4.78, 5) is 27.1. The highest BCUT2D eigenvalue weighted by molar-refractivity contribution is 5.87. The summed E-state index contributed by atoms with van der Waals surface area (Å²) in [7, 11) is 0. The first-order valence-corrected chi connectivity index (χ1v) is 10.3. The summed E-state index contributed by atoms with van der Waals surface area (Å²) < 4.78 is 5.69. The molecule has 0 fully saturated rings. The molecular weight excluding hydrogens is 364 g/mol. The lowest BCUT2D eigenvalue weighted by Crippen LogP contribution is -2.50. The van der Waals surface area contributed by atoms with E-state index in [0.29, 0.717) is 25.3 Å². The predicted molar refractivity (Wildman–Crippen MR) is 116 cm³/mol. The monoisotopic (exact) mass is 396 g/mol. The molecule has 156 valence electrons. The molecule has 2 aromatic carbocycles. The number of carbonyl (C=O) groups excluding carboxylic acids is 2. The van der Waals surface area contributed by atoms with Gasteiger partial charge in [0.1, 0.15) is 11.8 Å². The van der Waals surface area contributed by atoms with E-state index in [-0.39, 0.29) is 18.4 Å². The Labute approximate surface area is 174 Å². The van der Waals surface area contributed by atoms with Gasteiger partial charge in [0, 0.05) is 13.1 Å². The van der Waals surface area contributed by atoms with Crippen LogP contribution < -0.4 is 10.1 Å². The number of carbonyl (C=O) groups is 2. The molecule has 0 saturated heterocycles. The van der Waals surface area contributed by atoms with E-state index in [2.05, 4.69) is 12.2 Å². The summed E-state index contributed by atoms with van der Waals surface area (Å²) >= 11 is 0. The van der Waals surface area contributed by atoms with E-state index < -0.39 is 6.04 Å². The average molecular weight is 397 g/mol. The summed E-state index contributed by atoms with van der Waals surface area (Å²) in [6, 6.07) is 17.0. The number of benzene rings is 2. The first-order chi connectivity index (χ1) is 14.0. The molecule has 0 saturated carbocycles. The zero-order valence-corrected chi connectivity index (χ0v) is 17.7. The SMILES string of the molecule is CCCCNC(=O)C(C)N(CCc1ccccc1)C(=O)COc1cccc(C)c1. The van der Waals surface area contributed by atoms with E-state index in [1.165, 1.54) is 0 Å². The van der Waals surface area contributed by atoms with Crippen molar-refractivity contribution in [3.8, 4) is 5.75 Å². The number of amides is 2. The Morgan fingerprint density at radius 3 is 2.55 bits per heavy atom. The summed E-state index contributed by atoms with van der Waals surface area (Å²) in [6.45, 7) is 6.82. The number of unbranched alkanes of at least 4 members (excludes halogenated alkanes) is 1. The van der Waals surface area contributed by atoms with E-state index in [0.717, 1.165) is 24.0 Å². The van der Waals surface area contributed by atoms with Gasteiger partial charge in [-0.15, -0.1) is 0 Å². The number of nitrogens with zero attached hydrogens (tertiary/aromatic N) is 1. The van der Waals surface area contributed by atoms with Gasteiger partial charge in [-0.1, -0.05) is 55.8 Å². The van der Waals surface area contributed by atoms with E-state index in [9.17, 15) is 9.59 Å². The van der Waals surface area contributed by atoms with Gasteiger partial charge in [0.2, 0.25) is 5.91 Å². The summed E-state index contributed by atoms with van der Waals surface area (Å²) in [5.74, 6) is 0.331. The van der Waals surface area contributed by atoms with E-state index in [4.69, 9.17) is 4.74 Å². The Bertz CT molecular complexity index is 777. The van der Waals surface area contributed by atoms with Gasteiger partial charge in [-0.25, -0.2) is 0 Å². The zero-order chi connectivity index (χ0) is 21.1. The third-order valence-corrected chi connectivity index (χ3v) is 4.83. The van der Waals surface area contributed by atoms with Gasteiger partial charge in [0.25, 0.3) is 5.91 Å². The fourth-order valence-electron chi connectivity index (χ4n) is 3.04. The van der Waals surface area contributed by atoms with Crippen molar-refractivity contribution in [1.29, 1.82) is 0 Å². The average Bonchev–Trinajstić information content (AvgIpc) is 2.73. The molecule has 1 N–H and O–H groups in total. The topological polar surface area (TPSA) is 58.6 Å². The maximum Gasteiger partial charge on any atom is 0.261 e. The van der Waals surface area contributed by atoms with Crippen molar-refractivity contribution in [3.63, 3.8) is 0 Å². The van der Waals surface area contributed by atoms with Gasteiger partial charge in [-0.2, -0.15) is 0 Å². The number of hydrogen-bond acceptors (Lipinski definition) is 3. The Morgan fingerprint density at radius 1 is 1.10 bits per heavy atom. The van der Waals surface area contributed by atoms with Gasteiger partial charge >= 0.3 is 0 Å². The molecule has 2 aromatic rings. The van der Waals surface area contributed by atoms with E-state index in [1.54, 1.807) is 11.8 Å². The molecule has 2 rings (SSSR count). The molecule has 0 spiro atoms. The van der Waals surface area contributed by atoms with Crippen LogP contribution in [0.1, 0.15) is 37.8 Å². The molecule has 0 aliphatic rings. The fourth-order valence-corrected chi connectivity index (χ4v) is 3.04. The quantitative estimate of drug-likeness (QED) is 0.589. The molecule has 5 heteroatoms. The molecule has 0 bridgehead atoms. The lowest BCUT2D eigenvalue weighted by Gasteiger charge is -2.28. The first-order valence-electron chi connectivity index (χ1n) is 10.3. The molecule has 0 aliphatic carbocycles. The molecule has 0 aromatic heterocycles. The molecule has 1 unspecified atom stereocenters. The lowest BCUT2D eigenvalue weighted by molar-refractivity contribution is -0.141. The maximum atomic E-state index is 12.9. The molecular formula is C24H32N2O3. The van der Waals surface area contributed by atoms with Gasteiger partial charge in [0.05, 0.1) is 0 Å². The zero-order valence-electron chi connectivity index (χ0n) is 17.7. The highest BCUT2D eigenvalue weighted by atomic mass is 16.5. The smallest absolute Gasteiger partial charge is 0.261 e. The maximum absolute atomic E-state index is 12.9. The van der Waals surface area contributed by atoms with Gasteiger partial charge in [0.15, 0.2) is 6.61 Å². The van der Waals surface area contributed by atoms with Crippen LogP contribution >= 0.6 is 0 Å². The Kier molecular flexibility index (Phi) is 9.22. The van der Waals surface area contributed by atoms with Crippen LogP contribution in [0.2, 0.25) is 0 Å². The van der Waals surface area contributed by atoms with Gasteiger partial charge < -0.3 is 15.0 Å². The summed E-state index contributed by atoms with van der Waals surface area (Å²) in [5, 5.41) is 2.92. The van der Waals surface area contributed by atoms with Crippen molar-refractivity contribution in [2.24, 2.45) is 0 Å². The number of rotatable bonds is 11. The predicted octanol–water partition coefficient (Wildman–Crippen LogP) is 3.75. The first kappa shape index (κ1) is 22.5. The van der Waals surface area contributed by atoms with Crippen molar-refractivity contribution in [1.82, 2.24) is 10.2 Å². The molecule has 29 heavy (non-hydrogen) atoms. The Hall–Kier alpha value is -2.82. The van der Waals surface area contributed by atoms with Crippen molar-refractivity contribution in [3.05, 3.63) is 65.7 Å². The third-order valence-electron chi connectivity index (χ3n) is 4.83. The van der Waals surface area contributed by atoms with Crippen LogP contribution in [0.5, 0.6) is 5.75 Å². The minimum atomic E-state index is -0.552. The highest BCUT2D eigenvalue weighted by Gasteiger charge is 2.25. The lowest BCUT2D eigenvalue weighted by atomic mass is 10.1. The molecule has 5 nitrogen and oxygen atoms in total. The van der Waals surface area contributed by atoms with Crippen LogP contribution in [0.3, 0.4) is 0 Å². The highest BCUT2D eigenvalue weighted by Crippen LogP contribution is 2.13. The van der Waals surface area contributed by atoms with Crippen molar-refractivity contribution in [2.75, 3.05) is 19.7 Å². The second kappa shape index (κ2) is 11.9. The largest absolute Gasteiger partial charge is 0.484 e. The summed E-state index contributed by atoms with van der Waals surface area (Å²) in [6.07, 6.45) is 2.62. The third kappa shape index (κ3) is 7.60. The normalized spacial score (nSPS) is 11.6. The van der Waals surface area contributed by atoms with Crippen LogP contribution in [0.4, 0.5) is 0 Å². The second-order valence-corrected chi connectivity index (χ2v) is 7.25. The van der Waals surface area contributed by atoms with E-state index >= 15 is 0 Å². The number of ether oxygens (including phenoxy) is 1. The Morgan fingerprint density at radius 2 is 1.86 bits per heavy atom. The minimum Gasteiger partial charge on any atom is -0.484 e. The van der Waals surface area contributed by atoms with Crippen molar-refractivity contribution in [2.45, 2.75) is 46.1 Å². The summed E-state index contributed by atoms with van der Waals surface area (Å²) in [5.41, 5.74) is 2.20. The van der Waals surface area contributed by atoms with Crippen LogP contribution in [0, 0.1) is 6.92 Å². The second-order valence-electron chi connectivity index (χ2n) is 7.25. The molecule has 0 aliphatic heterocycles.